The molecule has 4 aromatic rings. The van der Waals surface area contributed by atoms with Crippen molar-refractivity contribution in [1.82, 2.24) is 15.0 Å². The van der Waals surface area contributed by atoms with Crippen LogP contribution in [0.3, 0.4) is 0 Å². The Bertz CT molecular complexity index is 1190. The Labute approximate surface area is 198 Å². The van der Waals surface area contributed by atoms with Crippen molar-refractivity contribution >= 4 is 40.9 Å². The standard InChI is InChI=1S/C26H26N6O2/c1-4-34-23(33)19-9-15-22(16-10-19)29-26-31-24(27-20-11-5-17(2)6-12-20)30-25(32-26)28-21-13-7-18(3)8-14-21/h5-16H,4H2,1-3H3,(H3,27,28,29,30,31,32). The van der Waals surface area contributed by atoms with Gasteiger partial charge in [-0.2, -0.15) is 15.0 Å². The number of carbonyl (C=O) groups is 1. The Hall–Kier alpha value is -4.46. The number of hydrogen-bond donors (Lipinski definition) is 3. The Morgan fingerprint density at radius 2 is 1.00 bits per heavy atom. The summed E-state index contributed by atoms with van der Waals surface area (Å²) in [6, 6.07) is 22.8. The van der Waals surface area contributed by atoms with Gasteiger partial charge in [0.25, 0.3) is 0 Å². The predicted molar refractivity (Wildman–Crippen MR) is 134 cm³/mol. The maximum atomic E-state index is 11.9. The number of aromatic nitrogens is 3. The smallest absolute Gasteiger partial charge is 0.338 e. The molecule has 0 unspecified atom stereocenters. The van der Waals surface area contributed by atoms with Gasteiger partial charge in [0.15, 0.2) is 0 Å². The van der Waals surface area contributed by atoms with Crippen molar-refractivity contribution in [2.24, 2.45) is 0 Å². The number of nitrogens with zero attached hydrogens (tertiary/aromatic N) is 3. The molecule has 0 bridgehead atoms. The van der Waals surface area contributed by atoms with Gasteiger partial charge in [-0.25, -0.2) is 4.79 Å². The van der Waals surface area contributed by atoms with Crippen molar-refractivity contribution in [2.75, 3.05) is 22.6 Å². The van der Waals surface area contributed by atoms with Crippen LogP contribution in [0.2, 0.25) is 0 Å². The van der Waals surface area contributed by atoms with Crippen LogP contribution in [0.1, 0.15) is 28.4 Å². The van der Waals surface area contributed by atoms with Crippen molar-refractivity contribution in [2.45, 2.75) is 20.8 Å². The minimum absolute atomic E-state index is 0.331. The summed E-state index contributed by atoms with van der Waals surface area (Å²) >= 11 is 0. The zero-order valence-electron chi connectivity index (χ0n) is 19.3. The van der Waals surface area contributed by atoms with E-state index in [4.69, 9.17) is 4.74 Å². The number of ether oxygens (including phenoxy) is 1. The summed E-state index contributed by atoms with van der Waals surface area (Å²) in [5, 5.41) is 9.63. The van der Waals surface area contributed by atoms with Gasteiger partial charge in [-0.05, 0) is 69.3 Å². The van der Waals surface area contributed by atoms with Gasteiger partial charge in [0, 0.05) is 17.1 Å². The molecular formula is C26H26N6O2. The van der Waals surface area contributed by atoms with E-state index in [1.807, 2.05) is 62.4 Å². The summed E-state index contributed by atoms with van der Waals surface area (Å²) in [5.74, 6) is 0.768. The number of rotatable bonds is 8. The highest BCUT2D eigenvalue weighted by Crippen LogP contribution is 2.22. The molecule has 0 aliphatic carbocycles. The Balaban J connectivity index is 1.59. The average Bonchev–Trinajstić information content (AvgIpc) is 2.83. The third-order valence-electron chi connectivity index (χ3n) is 4.90. The van der Waals surface area contributed by atoms with E-state index in [0.29, 0.717) is 30.0 Å². The van der Waals surface area contributed by atoms with Crippen LogP contribution in [-0.4, -0.2) is 27.5 Å². The normalized spacial score (nSPS) is 10.4. The molecule has 0 aliphatic heterocycles. The van der Waals surface area contributed by atoms with Gasteiger partial charge in [-0.1, -0.05) is 35.4 Å². The van der Waals surface area contributed by atoms with Gasteiger partial charge in [0.1, 0.15) is 0 Å². The molecule has 8 heteroatoms. The molecule has 0 spiro atoms. The molecule has 0 saturated heterocycles. The van der Waals surface area contributed by atoms with E-state index < -0.39 is 0 Å². The van der Waals surface area contributed by atoms with E-state index >= 15 is 0 Å². The van der Waals surface area contributed by atoms with Crippen LogP contribution in [0.4, 0.5) is 34.9 Å². The highest BCUT2D eigenvalue weighted by Gasteiger charge is 2.10. The van der Waals surface area contributed by atoms with Gasteiger partial charge in [-0.15, -0.1) is 0 Å². The quantitative estimate of drug-likeness (QED) is 0.283. The Kier molecular flexibility index (Phi) is 6.98. The molecule has 0 aliphatic rings. The molecule has 172 valence electrons. The molecule has 0 amide bonds. The van der Waals surface area contributed by atoms with Gasteiger partial charge < -0.3 is 20.7 Å². The van der Waals surface area contributed by atoms with Gasteiger partial charge in [0.05, 0.1) is 12.2 Å². The number of nitrogens with one attached hydrogen (secondary N) is 3. The predicted octanol–water partition coefficient (Wildman–Crippen LogP) is 5.90. The minimum atomic E-state index is -0.358. The molecular weight excluding hydrogens is 428 g/mol. The molecule has 3 aromatic carbocycles. The van der Waals surface area contributed by atoms with Crippen LogP contribution < -0.4 is 16.0 Å². The zero-order valence-corrected chi connectivity index (χ0v) is 19.3. The molecule has 0 saturated carbocycles. The van der Waals surface area contributed by atoms with E-state index in [2.05, 4.69) is 30.9 Å². The molecule has 0 fully saturated rings. The van der Waals surface area contributed by atoms with Crippen molar-refractivity contribution in [3.8, 4) is 0 Å². The van der Waals surface area contributed by atoms with Crippen LogP contribution in [-0.2, 0) is 4.74 Å². The van der Waals surface area contributed by atoms with Crippen molar-refractivity contribution < 1.29 is 9.53 Å². The van der Waals surface area contributed by atoms with Crippen LogP contribution in [0.15, 0.2) is 72.8 Å². The second-order valence-electron chi connectivity index (χ2n) is 7.71. The fraction of sp³-hybridized carbons (Fsp3) is 0.154. The maximum Gasteiger partial charge on any atom is 0.338 e. The third kappa shape index (κ3) is 6.07. The molecule has 0 atom stereocenters. The molecule has 1 heterocycles. The van der Waals surface area contributed by atoms with E-state index in [-0.39, 0.29) is 5.97 Å². The van der Waals surface area contributed by atoms with Crippen molar-refractivity contribution in [3.63, 3.8) is 0 Å². The summed E-state index contributed by atoms with van der Waals surface area (Å²) in [6.45, 7) is 6.17. The summed E-state index contributed by atoms with van der Waals surface area (Å²) in [7, 11) is 0. The maximum absolute atomic E-state index is 11.9. The SMILES string of the molecule is CCOC(=O)c1ccc(Nc2nc(Nc3ccc(C)cc3)nc(Nc3ccc(C)cc3)n2)cc1. The van der Waals surface area contributed by atoms with E-state index in [1.165, 1.54) is 0 Å². The lowest BCUT2D eigenvalue weighted by Gasteiger charge is -2.12. The van der Waals surface area contributed by atoms with Crippen LogP contribution in [0.25, 0.3) is 0 Å². The second-order valence-corrected chi connectivity index (χ2v) is 7.71. The van der Waals surface area contributed by atoms with Crippen molar-refractivity contribution in [3.05, 3.63) is 89.5 Å². The van der Waals surface area contributed by atoms with Crippen LogP contribution in [0.5, 0.6) is 0 Å². The summed E-state index contributed by atoms with van der Waals surface area (Å²) in [5.41, 5.74) is 5.26. The third-order valence-corrected chi connectivity index (χ3v) is 4.90. The molecule has 3 N–H and O–H groups in total. The minimum Gasteiger partial charge on any atom is -0.462 e. The number of esters is 1. The van der Waals surface area contributed by atoms with Crippen LogP contribution >= 0.6 is 0 Å². The zero-order chi connectivity index (χ0) is 23.9. The van der Waals surface area contributed by atoms with Crippen LogP contribution in [0, 0.1) is 13.8 Å². The second kappa shape index (κ2) is 10.4. The van der Waals surface area contributed by atoms with E-state index in [1.54, 1.807) is 31.2 Å². The lowest BCUT2D eigenvalue weighted by Crippen LogP contribution is -2.08. The number of aryl methyl sites for hydroxylation is 2. The fourth-order valence-electron chi connectivity index (χ4n) is 3.11. The first-order chi connectivity index (χ1) is 16.5. The summed E-state index contributed by atoms with van der Waals surface area (Å²) < 4.78 is 5.04. The number of hydrogen-bond acceptors (Lipinski definition) is 8. The summed E-state index contributed by atoms with van der Waals surface area (Å²) in [6.07, 6.45) is 0. The Morgan fingerprint density at radius 3 is 1.35 bits per heavy atom. The number of benzene rings is 3. The molecule has 34 heavy (non-hydrogen) atoms. The first-order valence-corrected chi connectivity index (χ1v) is 11.0. The molecule has 4 rings (SSSR count). The number of carbonyl (C=O) groups excluding carboxylic acids is 1. The van der Waals surface area contributed by atoms with Gasteiger partial charge in [0.2, 0.25) is 17.8 Å². The fourth-order valence-corrected chi connectivity index (χ4v) is 3.11. The molecule has 1 aromatic heterocycles. The van der Waals surface area contributed by atoms with Gasteiger partial charge >= 0.3 is 5.97 Å². The highest BCUT2D eigenvalue weighted by molar-refractivity contribution is 5.89. The van der Waals surface area contributed by atoms with E-state index in [0.717, 1.165) is 28.2 Å². The van der Waals surface area contributed by atoms with Gasteiger partial charge in [-0.3, -0.25) is 0 Å². The topological polar surface area (TPSA) is 101 Å². The first-order valence-electron chi connectivity index (χ1n) is 11.0. The monoisotopic (exact) mass is 454 g/mol. The summed E-state index contributed by atoms with van der Waals surface area (Å²) in [4.78, 5) is 25.4. The average molecular weight is 455 g/mol. The first kappa shape index (κ1) is 22.7. The lowest BCUT2D eigenvalue weighted by molar-refractivity contribution is 0.0526. The van der Waals surface area contributed by atoms with Crippen molar-refractivity contribution in [1.29, 1.82) is 0 Å². The van der Waals surface area contributed by atoms with E-state index in [9.17, 15) is 4.79 Å². The highest BCUT2D eigenvalue weighted by atomic mass is 16.5. The largest absolute Gasteiger partial charge is 0.462 e. The lowest BCUT2D eigenvalue weighted by atomic mass is 10.2. The molecule has 8 nitrogen and oxygen atoms in total. The Morgan fingerprint density at radius 1 is 0.647 bits per heavy atom. The molecule has 0 radical (unpaired) electrons. The number of anilines is 6.